The van der Waals surface area contributed by atoms with Crippen molar-refractivity contribution in [3.63, 3.8) is 0 Å². The molecule has 2 heterocycles. The van der Waals surface area contributed by atoms with Gasteiger partial charge in [-0.2, -0.15) is 0 Å². The Morgan fingerprint density at radius 3 is 2.45 bits per heavy atom. The molecule has 1 aliphatic heterocycles. The lowest BCUT2D eigenvalue weighted by atomic mass is 9.81. The van der Waals surface area contributed by atoms with Gasteiger partial charge in [-0.3, -0.25) is 9.79 Å². The Bertz CT molecular complexity index is 1110. The number of para-hydroxylation sites is 1. The number of carbonyl (C=O) groups is 1. The molecule has 0 amide bonds. The van der Waals surface area contributed by atoms with E-state index in [0.717, 1.165) is 17.1 Å². The summed E-state index contributed by atoms with van der Waals surface area (Å²) in [6.07, 6.45) is 1.70. The van der Waals surface area contributed by atoms with Crippen LogP contribution >= 0.6 is 22.9 Å². The standard InChI is InChI=1S/C24H21ClN2OS/c1-24(2)19-7-4-5-8-20(19)27(3)23(24)18(22(28)21-9-6-14-29-21)15-26-17-12-10-16(25)11-13-17/h4-15H,1-3H3. The number of benzene rings is 2. The number of hydrogen-bond donors (Lipinski definition) is 0. The average molecular weight is 421 g/mol. The number of Topliss-reactive ketones (excluding diaryl/α,β-unsaturated/α-hetero) is 1. The smallest absolute Gasteiger partial charge is 0.206 e. The molecule has 29 heavy (non-hydrogen) atoms. The van der Waals surface area contributed by atoms with Crippen LogP contribution in [0.1, 0.15) is 29.1 Å². The first kappa shape index (κ1) is 19.6. The first-order valence-electron chi connectivity index (χ1n) is 9.35. The van der Waals surface area contributed by atoms with E-state index >= 15 is 0 Å². The number of aliphatic imine (C=N–C) groups is 1. The van der Waals surface area contributed by atoms with Crippen molar-refractivity contribution in [1.29, 1.82) is 0 Å². The Hall–Kier alpha value is -2.69. The predicted octanol–water partition coefficient (Wildman–Crippen LogP) is 6.67. The third-order valence-corrected chi connectivity index (χ3v) is 6.40. The number of carbonyl (C=O) groups excluding carboxylic acids is 1. The lowest BCUT2D eigenvalue weighted by Crippen LogP contribution is -2.27. The Labute approximate surface area is 180 Å². The lowest BCUT2D eigenvalue weighted by Gasteiger charge is -2.26. The van der Waals surface area contributed by atoms with Crippen LogP contribution < -0.4 is 4.90 Å². The molecule has 0 saturated heterocycles. The van der Waals surface area contributed by atoms with Crippen LogP contribution in [-0.2, 0) is 5.41 Å². The fraction of sp³-hybridized carbons (Fsp3) is 0.167. The number of rotatable bonds is 4. The van der Waals surface area contributed by atoms with Crippen LogP contribution in [0, 0.1) is 0 Å². The normalized spacial score (nSPS) is 16.9. The Morgan fingerprint density at radius 2 is 1.79 bits per heavy atom. The monoisotopic (exact) mass is 420 g/mol. The van der Waals surface area contributed by atoms with E-state index in [9.17, 15) is 4.79 Å². The minimum absolute atomic E-state index is 0.0135. The van der Waals surface area contributed by atoms with Crippen LogP contribution in [0.25, 0.3) is 0 Å². The van der Waals surface area contributed by atoms with Crippen LogP contribution in [0.5, 0.6) is 0 Å². The van der Waals surface area contributed by atoms with Crippen LogP contribution in [0.3, 0.4) is 0 Å². The zero-order valence-corrected chi connectivity index (χ0v) is 18.1. The van der Waals surface area contributed by atoms with Crippen molar-refractivity contribution in [3.05, 3.63) is 92.8 Å². The summed E-state index contributed by atoms with van der Waals surface area (Å²) in [7, 11) is 2.01. The molecule has 4 rings (SSSR count). The molecule has 0 radical (unpaired) electrons. The molecule has 1 aliphatic rings. The number of fused-ring (bicyclic) bond motifs is 1. The van der Waals surface area contributed by atoms with E-state index in [0.29, 0.717) is 15.5 Å². The molecule has 0 spiro atoms. The topological polar surface area (TPSA) is 32.7 Å². The van der Waals surface area contributed by atoms with E-state index in [-0.39, 0.29) is 11.2 Å². The van der Waals surface area contributed by atoms with E-state index in [1.807, 2.05) is 48.8 Å². The molecule has 3 nitrogen and oxygen atoms in total. The second-order valence-corrected chi connectivity index (χ2v) is 8.89. The van der Waals surface area contributed by atoms with Gasteiger partial charge in [0.2, 0.25) is 5.78 Å². The largest absolute Gasteiger partial charge is 0.346 e. The van der Waals surface area contributed by atoms with Gasteiger partial charge in [-0.25, -0.2) is 0 Å². The van der Waals surface area contributed by atoms with Crippen molar-refractivity contribution in [2.45, 2.75) is 19.3 Å². The number of nitrogens with zero attached hydrogens (tertiary/aromatic N) is 2. The number of allylic oxidation sites excluding steroid dienone is 2. The molecule has 5 heteroatoms. The van der Waals surface area contributed by atoms with E-state index in [2.05, 4.69) is 35.9 Å². The van der Waals surface area contributed by atoms with Crippen molar-refractivity contribution in [2.24, 2.45) is 4.99 Å². The van der Waals surface area contributed by atoms with Crippen LogP contribution in [0.4, 0.5) is 11.4 Å². The maximum atomic E-state index is 13.5. The fourth-order valence-corrected chi connectivity index (χ4v) is 4.72. The minimum atomic E-state index is -0.320. The van der Waals surface area contributed by atoms with Crippen LogP contribution in [0.15, 0.2) is 82.3 Å². The average Bonchev–Trinajstić information content (AvgIpc) is 3.31. The van der Waals surface area contributed by atoms with Crippen molar-refractivity contribution in [1.82, 2.24) is 0 Å². The van der Waals surface area contributed by atoms with Gasteiger partial charge in [-0.1, -0.05) is 49.7 Å². The van der Waals surface area contributed by atoms with Crippen molar-refractivity contribution in [3.8, 4) is 0 Å². The highest BCUT2D eigenvalue weighted by Crippen LogP contribution is 2.48. The minimum Gasteiger partial charge on any atom is -0.346 e. The Kier molecular flexibility index (Phi) is 5.15. The number of halogens is 1. The van der Waals surface area contributed by atoms with E-state index in [1.54, 1.807) is 18.3 Å². The summed E-state index contributed by atoms with van der Waals surface area (Å²) >= 11 is 7.43. The molecule has 0 saturated carbocycles. The number of ketones is 1. The summed E-state index contributed by atoms with van der Waals surface area (Å²) in [5.41, 5.74) is 4.31. The van der Waals surface area contributed by atoms with Gasteiger partial charge < -0.3 is 4.90 Å². The van der Waals surface area contributed by atoms with Gasteiger partial charge in [-0.05, 0) is 47.3 Å². The van der Waals surface area contributed by atoms with Crippen LogP contribution in [0.2, 0.25) is 5.02 Å². The molecule has 0 atom stereocenters. The molecule has 1 aromatic heterocycles. The first-order chi connectivity index (χ1) is 13.9. The van der Waals surface area contributed by atoms with E-state index in [1.165, 1.54) is 16.9 Å². The molecular formula is C24H21ClN2OS. The number of likely N-dealkylation sites (N-methyl/N-ethyl adjacent to an activating group) is 1. The highest BCUT2D eigenvalue weighted by molar-refractivity contribution is 7.12. The lowest BCUT2D eigenvalue weighted by molar-refractivity contribution is 0.104. The molecule has 0 aliphatic carbocycles. The van der Waals surface area contributed by atoms with Crippen molar-refractivity contribution < 1.29 is 4.79 Å². The summed E-state index contributed by atoms with van der Waals surface area (Å²) in [4.78, 5) is 20.9. The van der Waals surface area contributed by atoms with Crippen LogP contribution in [-0.4, -0.2) is 19.0 Å². The quantitative estimate of drug-likeness (QED) is 0.268. The van der Waals surface area contributed by atoms with Gasteiger partial charge >= 0.3 is 0 Å². The molecule has 146 valence electrons. The first-order valence-corrected chi connectivity index (χ1v) is 10.6. The summed E-state index contributed by atoms with van der Waals surface area (Å²) in [5.74, 6) is -0.0135. The third-order valence-electron chi connectivity index (χ3n) is 5.28. The van der Waals surface area contributed by atoms with Gasteiger partial charge in [0.25, 0.3) is 0 Å². The number of thiophene rings is 1. The molecule has 2 aromatic carbocycles. The summed E-state index contributed by atoms with van der Waals surface area (Å²) in [6.45, 7) is 4.31. The highest BCUT2D eigenvalue weighted by Gasteiger charge is 2.41. The zero-order valence-electron chi connectivity index (χ0n) is 16.5. The summed E-state index contributed by atoms with van der Waals surface area (Å²) in [5, 5.41) is 2.58. The summed E-state index contributed by atoms with van der Waals surface area (Å²) in [6, 6.07) is 19.3. The highest BCUT2D eigenvalue weighted by atomic mass is 35.5. The number of anilines is 1. The molecule has 0 bridgehead atoms. The predicted molar refractivity (Wildman–Crippen MR) is 123 cm³/mol. The molecule has 0 unspecified atom stereocenters. The third kappa shape index (κ3) is 3.54. The maximum absolute atomic E-state index is 13.5. The fourth-order valence-electron chi connectivity index (χ4n) is 3.91. The molecule has 3 aromatic rings. The number of hydrogen-bond acceptors (Lipinski definition) is 4. The van der Waals surface area contributed by atoms with E-state index in [4.69, 9.17) is 11.6 Å². The van der Waals surface area contributed by atoms with Gasteiger partial charge in [0.15, 0.2) is 0 Å². The zero-order chi connectivity index (χ0) is 20.6. The Balaban J connectivity index is 1.88. The van der Waals surface area contributed by atoms with Crippen molar-refractivity contribution in [2.75, 3.05) is 11.9 Å². The second kappa shape index (κ2) is 7.62. The maximum Gasteiger partial charge on any atom is 0.206 e. The van der Waals surface area contributed by atoms with Gasteiger partial charge in [0.05, 0.1) is 16.1 Å². The molecule has 0 N–H and O–H groups in total. The Morgan fingerprint density at radius 1 is 1.07 bits per heavy atom. The van der Waals surface area contributed by atoms with Gasteiger partial charge in [-0.15, -0.1) is 11.3 Å². The molecule has 0 fully saturated rings. The van der Waals surface area contributed by atoms with Gasteiger partial charge in [0.1, 0.15) is 0 Å². The van der Waals surface area contributed by atoms with E-state index < -0.39 is 0 Å². The summed E-state index contributed by atoms with van der Waals surface area (Å²) < 4.78 is 0. The second-order valence-electron chi connectivity index (χ2n) is 7.50. The molecular weight excluding hydrogens is 400 g/mol. The van der Waals surface area contributed by atoms with Crippen molar-refractivity contribution >= 4 is 46.3 Å². The SMILES string of the molecule is CN1C(=C(C=Nc2ccc(Cl)cc2)C(=O)c2cccs2)C(C)(C)c2ccccc21. The van der Waals surface area contributed by atoms with Gasteiger partial charge in [0, 0.05) is 35.1 Å².